The lowest BCUT2D eigenvalue weighted by Crippen LogP contribution is -2.46. The number of thiazole rings is 1. The molecule has 1 saturated heterocycles. The predicted molar refractivity (Wildman–Crippen MR) is 129 cm³/mol. The molecule has 4 rings (SSSR count). The highest BCUT2D eigenvalue weighted by Gasteiger charge is 2.37. The van der Waals surface area contributed by atoms with Crippen LogP contribution in [0.3, 0.4) is 0 Å². The highest BCUT2D eigenvalue weighted by molar-refractivity contribution is 7.10. The summed E-state index contributed by atoms with van der Waals surface area (Å²) >= 11 is 1.72. The quantitative estimate of drug-likeness (QED) is 0.711. The Hall–Kier alpha value is -2.41. The number of carbonyl (C=O) groups excluding carboxylic acids is 2. The van der Waals surface area contributed by atoms with E-state index in [1.165, 1.54) is 29.5 Å². The summed E-state index contributed by atoms with van der Waals surface area (Å²) in [5.74, 6) is -0.167. The maximum Gasteiger partial charge on any atom is 0.317 e. The van der Waals surface area contributed by atoms with Crippen LogP contribution in [0.15, 0.2) is 23.6 Å². The summed E-state index contributed by atoms with van der Waals surface area (Å²) in [5.41, 5.74) is 10.7. The van der Waals surface area contributed by atoms with Crippen molar-refractivity contribution in [2.45, 2.75) is 70.1 Å². The van der Waals surface area contributed by atoms with E-state index < -0.39 is 5.91 Å². The van der Waals surface area contributed by atoms with E-state index in [9.17, 15) is 9.59 Å². The molecule has 0 saturated carbocycles. The highest BCUT2D eigenvalue weighted by Crippen LogP contribution is 2.47. The van der Waals surface area contributed by atoms with Crippen LogP contribution in [-0.2, 0) is 15.6 Å². The fourth-order valence-electron chi connectivity index (χ4n) is 4.96. The molecule has 6 nitrogen and oxygen atoms in total. The number of nitrogens with two attached hydrogens (primary N) is 1. The van der Waals surface area contributed by atoms with Gasteiger partial charge >= 0.3 is 6.03 Å². The number of hydrogen-bond acceptors (Lipinski definition) is 4. The van der Waals surface area contributed by atoms with Crippen molar-refractivity contribution >= 4 is 23.3 Å². The molecule has 32 heavy (non-hydrogen) atoms. The average molecular weight is 455 g/mol. The van der Waals surface area contributed by atoms with Crippen LogP contribution in [0, 0.1) is 0 Å². The molecular weight excluding hydrogens is 420 g/mol. The number of likely N-dealkylation sites (tertiary alicyclic amines) is 1. The van der Waals surface area contributed by atoms with Gasteiger partial charge in [0.15, 0.2) is 0 Å². The topological polar surface area (TPSA) is 88.3 Å². The van der Waals surface area contributed by atoms with E-state index in [0.717, 1.165) is 23.5 Å². The van der Waals surface area contributed by atoms with Crippen molar-refractivity contribution in [2.24, 2.45) is 5.73 Å². The van der Waals surface area contributed by atoms with Crippen molar-refractivity contribution < 1.29 is 9.59 Å². The molecule has 2 aliphatic rings. The van der Waals surface area contributed by atoms with Gasteiger partial charge in [0.1, 0.15) is 0 Å². The Kier molecular flexibility index (Phi) is 6.05. The first-order valence-electron chi connectivity index (χ1n) is 11.5. The van der Waals surface area contributed by atoms with Gasteiger partial charge in [-0.2, -0.15) is 0 Å². The third kappa shape index (κ3) is 4.53. The monoisotopic (exact) mass is 454 g/mol. The lowest BCUT2D eigenvalue weighted by Gasteiger charge is -2.42. The molecule has 7 heteroatoms. The fraction of sp³-hybridized carbons (Fsp3) is 0.560. The standard InChI is InChI=1S/C25H34N4O2S/c1-24(2)9-10-25(3,4)19-13-17(5-6-18(19)24)20-15-32-22(28-20)16-7-11-29(12-8-16)23(31)27-14-21(26)30/h5-6,13,15-16H,7-12,14H2,1-4H3,(H2,26,30)(H,27,31). The maximum atomic E-state index is 12.1. The van der Waals surface area contributed by atoms with Crippen LogP contribution in [-0.4, -0.2) is 41.5 Å². The van der Waals surface area contributed by atoms with E-state index in [1.54, 1.807) is 16.2 Å². The van der Waals surface area contributed by atoms with Crippen molar-refractivity contribution in [3.05, 3.63) is 39.7 Å². The summed E-state index contributed by atoms with van der Waals surface area (Å²) in [5, 5.41) is 5.89. The van der Waals surface area contributed by atoms with Gasteiger partial charge < -0.3 is 16.0 Å². The van der Waals surface area contributed by atoms with E-state index in [-0.39, 0.29) is 23.4 Å². The Morgan fingerprint density at radius 3 is 2.44 bits per heavy atom. The molecule has 172 valence electrons. The molecule has 1 fully saturated rings. The largest absolute Gasteiger partial charge is 0.368 e. The van der Waals surface area contributed by atoms with Gasteiger partial charge in [-0.25, -0.2) is 9.78 Å². The van der Waals surface area contributed by atoms with Crippen molar-refractivity contribution in [1.29, 1.82) is 0 Å². The number of nitrogens with zero attached hydrogens (tertiary/aromatic N) is 2. The molecule has 1 aliphatic heterocycles. The molecule has 2 heterocycles. The Balaban J connectivity index is 1.46. The normalized spacial score (nSPS) is 19.9. The lowest BCUT2D eigenvalue weighted by molar-refractivity contribution is -0.117. The molecule has 3 amide bonds. The van der Waals surface area contributed by atoms with E-state index in [4.69, 9.17) is 10.7 Å². The van der Waals surface area contributed by atoms with E-state index in [1.807, 2.05) is 0 Å². The second kappa shape index (κ2) is 8.50. The fourth-order valence-corrected chi connectivity index (χ4v) is 5.96. The molecule has 0 spiro atoms. The van der Waals surface area contributed by atoms with E-state index in [0.29, 0.717) is 19.0 Å². The number of aromatic nitrogens is 1. The SMILES string of the molecule is CC1(C)CCC(C)(C)c2cc(-c3csc(C4CCN(C(=O)NCC(N)=O)CC4)n3)ccc21. The maximum absolute atomic E-state index is 12.1. The number of fused-ring (bicyclic) bond motifs is 1. The highest BCUT2D eigenvalue weighted by atomic mass is 32.1. The van der Waals surface area contributed by atoms with Crippen molar-refractivity contribution in [1.82, 2.24) is 15.2 Å². The number of nitrogens with one attached hydrogen (secondary N) is 1. The summed E-state index contributed by atoms with van der Waals surface area (Å²) < 4.78 is 0. The molecule has 1 aliphatic carbocycles. The molecule has 3 N–H and O–H groups in total. The first-order chi connectivity index (χ1) is 15.1. The third-order valence-corrected chi connectivity index (χ3v) is 8.22. The number of amides is 3. The van der Waals surface area contributed by atoms with Crippen molar-refractivity contribution in [3.8, 4) is 11.3 Å². The number of piperidine rings is 1. The van der Waals surface area contributed by atoms with Crippen LogP contribution in [0.25, 0.3) is 11.3 Å². The van der Waals surface area contributed by atoms with Crippen molar-refractivity contribution in [2.75, 3.05) is 19.6 Å². The average Bonchev–Trinajstić information content (AvgIpc) is 3.25. The van der Waals surface area contributed by atoms with E-state index in [2.05, 4.69) is 56.6 Å². The van der Waals surface area contributed by atoms with Crippen LogP contribution in [0.5, 0.6) is 0 Å². The number of rotatable bonds is 4. The molecule has 1 aromatic heterocycles. The number of primary amides is 1. The van der Waals surface area contributed by atoms with Crippen LogP contribution in [0.2, 0.25) is 0 Å². The lowest BCUT2D eigenvalue weighted by atomic mass is 9.63. The summed E-state index contributed by atoms with van der Waals surface area (Å²) in [7, 11) is 0. The van der Waals surface area contributed by atoms with Crippen LogP contribution in [0.4, 0.5) is 4.79 Å². The van der Waals surface area contributed by atoms with Gasteiger partial charge in [0.25, 0.3) is 0 Å². The first kappa shape index (κ1) is 22.8. The molecule has 0 radical (unpaired) electrons. The van der Waals surface area contributed by atoms with Gasteiger partial charge in [-0.15, -0.1) is 11.3 Å². The van der Waals surface area contributed by atoms with Crippen LogP contribution in [0.1, 0.15) is 75.4 Å². The molecule has 0 bridgehead atoms. The Labute approximate surface area is 194 Å². The summed E-state index contributed by atoms with van der Waals surface area (Å²) in [6.07, 6.45) is 4.17. The van der Waals surface area contributed by atoms with Crippen molar-refractivity contribution in [3.63, 3.8) is 0 Å². The minimum Gasteiger partial charge on any atom is -0.368 e. The summed E-state index contributed by atoms with van der Waals surface area (Å²) in [6, 6.07) is 6.68. The van der Waals surface area contributed by atoms with Crippen LogP contribution >= 0.6 is 11.3 Å². The minimum absolute atomic E-state index is 0.122. The van der Waals surface area contributed by atoms with Gasteiger partial charge in [0.05, 0.1) is 17.2 Å². The first-order valence-corrected chi connectivity index (χ1v) is 12.4. The van der Waals surface area contributed by atoms with Gasteiger partial charge in [0, 0.05) is 30.0 Å². The predicted octanol–water partition coefficient (Wildman–Crippen LogP) is 4.53. The second-order valence-electron chi connectivity index (χ2n) is 10.5. The smallest absolute Gasteiger partial charge is 0.317 e. The zero-order valence-corrected chi connectivity index (χ0v) is 20.3. The number of carbonyl (C=O) groups is 2. The van der Waals surface area contributed by atoms with Gasteiger partial charge in [-0.3, -0.25) is 4.79 Å². The Bertz CT molecular complexity index is 1020. The molecular formula is C25H34N4O2S. The van der Waals surface area contributed by atoms with Crippen LogP contribution < -0.4 is 11.1 Å². The minimum atomic E-state index is -0.530. The van der Waals surface area contributed by atoms with Gasteiger partial charge in [0.2, 0.25) is 5.91 Å². The number of hydrogen-bond donors (Lipinski definition) is 2. The molecule has 1 aromatic carbocycles. The zero-order valence-electron chi connectivity index (χ0n) is 19.5. The molecule has 0 atom stereocenters. The van der Waals surface area contributed by atoms with E-state index >= 15 is 0 Å². The number of benzene rings is 1. The van der Waals surface area contributed by atoms with Gasteiger partial charge in [-0.05, 0) is 53.7 Å². The summed E-state index contributed by atoms with van der Waals surface area (Å²) in [6.45, 7) is 10.6. The molecule has 2 aromatic rings. The Morgan fingerprint density at radius 1 is 1.12 bits per heavy atom. The van der Waals surface area contributed by atoms with Gasteiger partial charge in [-0.1, -0.05) is 39.8 Å². The summed E-state index contributed by atoms with van der Waals surface area (Å²) in [4.78, 5) is 29.8. The second-order valence-corrected chi connectivity index (χ2v) is 11.4. The Morgan fingerprint density at radius 2 is 1.78 bits per heavy atom. The molecule has 0 unspecified atom stereocenters. The zero-order chi connectivity index (χ0) is 23.1. The third-order valence-electron chi connectivity index (χ3n) is 7.22. The number of urea groups is 1.